The molecule has 0 atom stereocenters. The second-order valence-corrected chi connectivity index (χ2v) is 5.32. The van der Waals surface area contributed by atoms with Gasteiger partial charge in [0.05, 0.1) is 19.8 Å². The molecule has 0 spiro atoms. The van der Waals surface area contributed by atoms with Crippen molar-refractivity contribution in [3.63, 3.8) is 0 Å². The van der Waals surface area contributed by atoms with Gasteiger partial charge in [0.2, 0.25) is 5.91 Å². The highest BCUT2D eigenvalue weighted by Gasteiger charge is 2.09. The number of amides is 1. The van der Waals surface area contributed by atoms with Crippen LogP contribution in [-0.4, -0.2) is 63.3 Å². The molecule has 0 aromatic heterocycles. The van der Waals surface area contributed by atoms with E-state index in [1.165, 1.54) is 6.07 Å². The number of morpholine rings is 1. The maximum Gasteiger partial charge on any atom is 0.233 e. The van der Waals surface area contributed by atoms with Crippen molar-refractivity contribution in [2.75, 3.05) is 52.5 Å². The molecule has 5 nitrogen and oxygen atoms in total. The molecule has 1 aromatic carbocycles. The number of rotatable bonds is 8. The van der Waals surface area contributed by atoms with Crippen LogP contribution in [-0.2, 0) is 16.0 Å². The summed E-state index contributed by atoms with van der Waals surface area (Å²) in [5, 5.41) is 5.92. The number of carbonyl (C=O) groups is 1. The van der Waals surface area contributed by atoms with E-state index >= 15 is 0 Å². The van der Waals surface area contributed by atoms with Crippen LogP contribution in [0, 0.1) is 5.82 Å². The molecule has 1 heterocycles. The number of nitrogens with one attached hydrogen (secondary N) is 2. The molecule has 0 bridgehead atoms. The standard InChI is InChI=1S/C16H24FN3O2/c17-15-4-2-1-3-14(15)5-6-19-16(21)13-18-7-8-20-9-11-22-12-10-20/h1-4,18H,5-13H2,(H,19,21). The number of halogens is 1. The van der Waals surface area contributed by atoms with Crippen molar-refractivity contribution in [2.24, 2.45) is 0 Å². The molecule has 2 rings (SSSR count). The van der Waals surface area contributed by atoms with Crippen molar-refractivity contribution in [3.05, 3.63) is 35.6 Å². The van der Waals surface area contributed by atoms with E-state index in [4.69, 9.17) is 4.74 Å². The Morgan fingerprint density at radius 2 is 2.00 bits per heavy atom. The van der Waals surface area contributed by atoms with Crippen LogP contribution in [0.5, 0.6) is 0 Å². The maximum absolute atomic E-state index is 13.4. The number of hydrogen-bond donors (Lipinski definition) is 2. The Bertz CT molecular complexity index is 464. The van der Waals surface area contributed by atoms with Crippen LogP contribution in [0.4, 0.5) is 4.39 Å². The fraction of sp³-hybridized carbons (Fsp3) is 0.562. The molecule has 0 unspecified atom stereocenters. The lowest BCUT2D eigenvalue weighted by atomic mass is 10.1. The number of nitrogens with zero attached hydrogens (tertiary/aromatic N) is 1. The summed E-state index contributed by atoms with van der Waals surface area (Å²) >= 11 is 0. The molecule has 1 aromatic rings. The zero-order valence-corrected chi connectivity index (χ0v) is 12.8. The van der Waals surface area contributed by atoms with Gasteiger partial charge in [0, 0.05) is 32.7 Å². The van der Waals surface area contributed by atoms with Crippen molar-refractivity contribution in [2.45, 2.75) is 6.42 Å². The fourth-order valence-corrected chi connectivity index (χ4v) is 2.36. The van der Waals surface area contributed by atoms with Gasteiger partial charge in [0.15, 0.2) is 0 Å². The van der Waals surface area contributed by atoms with Crippen LogP contribution < -0.4 is 10.6 Å². The average Bonchev–Trinajstić information content (AvgIpc) is 2.54. The van der Waals surface area contributed by atoms with Crippen LogP contribution in [0.15, 0.2) is 24.3 Å². The molecule has 0 aliphatic carbocycles. The number of carbonyl (C=O) groups excluding carboxylic acids is 1. The fourth-order valence-electron chi connectivity index (χ4n) is 2.36. The first-order valence-corrected chi connectivity index (χ1v) is 7.76. The highest BCUT2D eigenvalue weighted by atomic mass is 19.1. The average molecular weight is 309 g/mol. The molecule has 0 radical (unpaired) electrons. The van der Waals surface area contributed by atoms with Gasteiger partial charge >= 0.3 is 0 Å². The predicted octanol–water partition coefficient (Wildman–Crippen LogP) is 0.406. The summed E-state index contributed by atoms with van der Waals surface area (Å²) < 4.78 is 18.7. The van der Waals surface area contributed by atoms with Gasteiger partial charge in [0.1, 0.15) is 5.82 Å². The summed E-state index contributed by atoms with van der Waals surface area (Å²) in [6, 6.07) is 6.63. The summed E-state index contributed by atoms with van der Waals surface area (Å²) in [5.74, 6) is -0.279. The maximum atomic E-state index is 13.4. The molecular weight excluding hydrogens is 285 g/mol. The Labute approximate surface area is 130 Å². The SMILES string of the molecule is O=C(CNCCN1CCOCC1)NCCc1ccccc1F. The minimum Gasteiger partial charge on any atom is -0.379 e. The molecule has 22 heavy (non-hydrogen) atoms. The zero-order valence-electron chi connectivity index (χ0n) is 12.8. The van der Waals surface area contributed by atoms with Gasteiger partial charge in [-0.3, -0.25) is 9.69 Å². The van der Waals surface area contributed by atoms with Gasteiger partial charge < -0.3 is 15.4 Å². The minimum absolute atomic E-state index is 0.0571. The van der Waals surface area contributed by atoms with Crippen molar-refractivity contribution in [1.82, 2.24) is 15.5 Å². The molecule has 6 heteroatoms. The topological polar surface area (TPSA) is 53.6 Å². The Morgan fingerprint density at radius 3 is 2.77 bits per heavy atom. The monoisotopic (exact) mass is 309 g/mol. The Morgan fingerprint density at radius 1 is 1.23 bits per heavy atom. The second kappa shape index (κ2) is 9.50. The molecule has 0 saturated carbocycles. The molecule has 1 fully saturated rings. The van der Waals surface area contributed by atoms with Crippen LogP contribution in [0.2, 0.25) is 0 Å². The van der Waals surface area contributed by atoms with Gasteiger partial charge in [0.25, 0.3) is 0 Å². The first-order valence-electron chi connectivity index (χ1n) is 7.76. The van der Waals surface area contributed by atoms with Crippen molar-refractivity contribution >= 4 is 5.91 Å². The van der Waals surface area contributed by atoms with E-state index in [-0.39, 0.29) is 11.7 Å². The first-order chi connectivity index (χ1) is 10.8. The second-order valence-electron chi connectivity index (χ2n) is 5.32. The van der Waals surface area contributed by atoms with E-state index < -0.39 is 0 Å². The van der Waals surface area contributed by atoms with Crippen LogP contribution in [0.1, 0.15) is 5.56 Å². The van der Waals surface area contributed by atoms with Gasteiger partial charge in [-0.1, -0.05) is 18.2 Å². The molecule has 1 amide bonds. The lowest BCUT2D eigenvalue weighted by Crippen LogP contribution is -2.42. The third-order valence-electron chi connectivity index (χ3n) is 3.67. The van der Waals surface area contributed by atoms with Crippen molar-refractivity contribution < 1.29 is 13.9 Å². The number of ether oxygens (including phenoxy) is 1. The number of benzene rings is 1. The summed E-state index contributed by atoms with van der Waals surface area (Å²) in [4.78, 5) is 14.0. The highest BCUT2D eigenvalue weighted by Crippen LogP contribution is 2.05. The normalized spacial score (nSPS) is 15.7. The summed E-state index contributed by atoms with van der Waals surface area (Å²) in [6.07, 6.45) is 0.506. The third kappa shape index (κ3) is 6.09. The Balaban J connectivity index is 1.51. The van der Waals surface area contributed by atoms with Crippen LogP contribution >= 0.6 is 0 Å². The Kier molecular flexibility index (Phi) is 7.28. The predicted molar refractivity (Wildman–Crippen MR) is 83.2 cm³/mol. The zero-order chi connectivity index (χ0) is 15.6. The summed E-state index contributed by atoms with van der Waals surface area (Å²) in [7, 11) is 0. The molecule has 2 N–H and O–H groups in total. The molecule has 1 aliphatic rings. The summed E-state index contributed by atoms with van der Waals surface area (Å²) in [5.41, 5.74) is 0.628. The van der Waals surface area contributed by atoms with Crippen LogP contribution in [0.25, 0.3) is 0 Å². The van der Waals surface area contributed by atoms with Gasteiger partial charge in [-0.25, -0.2) is 4.39 Å². The lowest BCUT2D eigenvalue weighted by molar-refractivity contribution is -0.120. The third-order valence-corrected chi connectivity index (χ3v) is 3.67. The smallest absolute Gasteiger partial charge is 0.233 e. The Hall–Kier alpha value is -1.50. The van der Waals surface area contributed by atoms with E-state index in [0.29, 0.717) is 25.1 Å². The summed E-state index contributed by atoms with van der Waals surface area (Å²) in [6.45, 7) is 5.93. The quantitative estimate of drug-likeness (QED) is 0.683. The van der Waals surface area contributed by atoms with Gasteiger partial charge in [-0.05, 0) is 18.1 Å². The largest absolute Gasteiger partial charge is 0.379 e. The van der Waals surface area contributed by atoms with E-state index in [1.807, 2.05) is 0 Å². The first kappa shape index (κ1) is 16.9. The van der Waals surface area contributed by atoms with E-state index in [0.717, 1.165) is 39.4 Å². The molecule has 1 aliphatic heterocycles. The van der Waals surface area contributed by atoms with Crippen LogP contribution in [0.3, 0.4) is 0 Å². The minimum atomic E-state index is -0.222. The van der Waals surface area contributed by atoms with E-state index in [1.54, 1.807) is 18.2 Å². The van der Waals surface area contributed by atoms with Gasteiger partial charge in [-0.15, -0.1) is 0 Å². The van der Waals surface area contributed by atoms with E-state index in [9.17, 15) is 9.18 Å². The van der Waals surface area contributed by atoms with Crippen molar-refractivity contribution in [1.29, 1.82) is 0 Å². The van der Waals surface area contributed by atoms with E-state index in [2.05, 4.69) is 15.5 Å². The number of hydrogen-bond acceptors (Lipinski definition) is 4. The molecule has 1 saturated heterocycles. The lowest BCUT2D eigenvalue weighted by Gasteiger charge is -2.26. The molecular formula is C16H24FN3O2. The highest BCUT2D eigenvalue weighted by molar-refractivity contribution is 5.77. The van der Waals surface area contributed by atoms with Gasteiger partial charge in [-0.2, -0.15) is 0 Å². The van der Waals surface area contributed by atoms with Crippen molar-refractivity contribution in [3.8, 4) is 0 Å². The molecule has 122 valence electrons.